The molecule has 5 heteroatoms. The van der Waals surface area contributed by atoms with E-state index in [1.54, 1.807) is 4.68 Å². The molecule has 0 aliphatic heterocycles. The standard InChI is InChI=1S/C7H6N4S/c12-7-8-9-10-11(7)6-4-2-1-3-5-6/h1-5H,(H,8,10,12)/p+1. The van der Waals surface area contributed by atoms with Crippen LogP contribution in [0.5, 0.6) is 0 Å². The van der Waals surface area contributed by atoms with Crippen LogP contribution < -0.4 is 4.68 Å². The van der Waals surface area contributed by atoms with Gasteiger partial charge in [0.05, 0.1) is 0 Å². The number of nitrogens with one attached hydrogen (secondary N) is 1. The van der Waals surface area contributed by atoms with E-state index >= 15 is 0 Å². The van der Waals surface area contributed by atoms with Gasteiger partial charge in [0.25, 0.3) is 0 Å². The number of para-hydroxylation sites is 1. The molecule has 60 valence electrons. The summed E-state index contributed by atoms with van der Waals surface area (Å²) in [5.41, 5.74) is 0.941. The van der Waals surface area contributed by atoms with E-state index in [1.807, 2.05) is 30.3 Å². The largest absolute Gasteiger partial charge is 0.316 e. The molecule has 0 fully saturated rings. The van der Waals surface area contributed by atoms with Crippen LogP contribution in [0.15, 0.2) is 35.5 Å². The van der Waals surface area contributed by atoms with Crippen molar-refractivity contribution < 1.29 is 4.68 Å². The van der Waals surface area contributed by atoms with Gasteiger partial charge in [0.15, 0.2) is 5.21 Å². The molecule has 12 heavy (non-hydrogen) atoms. The van der Waals surface area contributed by atoms with E-state index < -0.39 is 0 Å². The number of tetrazole rings is 1. The fraction of sp³-hybridized carbons (Fsp3) is 0. The van der Waals surface area contributed by atoms with E-state index in [0.717, 1.165) is 5.69 Å². The van der Waals surface area contributed by atoms with Crippen LogP contribution in [0.1, 0.15) is 0 Å². The monoisotopic (exact) mass is 179 g/mol. The highest BCUT2D eigenvalue weighted by molar-refractivity contribution is 7.79. The Morgan fingerprint density at radius 2 is 2.00 bits per heavy atom. The van der Waals surface area contributed by atoms with E-state index in [1.165, 1.54) is 0 Å². The molecule has 1 N–H and O–H groups in total. The Morgan fingerprint density at radius 3 is 2.58 bits per heavy atom. The van der Waals surface area contributed by atoms with E-state index in [-0.39, 0.29) is 0 Å². The lowest BCUT2D eigenvalue weighted by Gasteiger charge is -1.91. The summed E-state index contributed by atoms with van der Waals surface area (Å²) >= 11 is 4.14. The third kappa shape index (κ3) is 1.18. The number of aromatic nitrogens is 4. The molecule has 1 aromatic carbocycles. The lowest BCUT2D eigenvalue weighted by atomic mass is 10.3. The molecule has 1 aromatic heterocycles. The van der Waals surface area contributed by atoms with Crippen molar-refractivity contribution in [2.75, 3.05) is 0 Å². The van der Waals surface area contributed by atoms with Gasteiger partial charge in [0.2, 0.25) is 0 Å². The first-order valence-electron chi connectivity index (χ1n) is 3.46. The summed E-state index contributed by atoms with van der Waals surface area (Å²) in [4.78, 5) is 0. The molecule has 0 aliphatic rings. The predicted octanol–water partition coefficient (Wildman–Crippen LogP) is 0.370. The van der Waals surface area contributed by atoms with Crippen molar-refractivity contribution in [2.45, 2.75) is 5.16 Å². The van der Waals surface area contributed by atoms with Crippen molar-refractivity contribution in [1.29, 1.82) is 0 Å². The van der Waals surface area contributed by atoms with Crippen LogP contribution in [0.3, 0.4) is 0 Å². The van der Waals surface area contributed by atoms with Crippen LogP contribution in [0.25, 0.3) is 5.69 Å². The zero-order chi connectivity index (χ0) is 8.39. The van der Waals surface area contributed by atoms with Gasteiger partial charge in [-0.25, -0.2) is 0 Å². The van der Waals surface area contributed by atoms with Gasteiger partial charge in [-0.1, -0.05) is 40.6 Å². The fourth-order valence-electron chi connectivity index (χ4n) is 0.945. The van der Waals surface area contributed by atoms with Crippen LogP contribution >= 0.6 is 12.6 Å². The second kappa shape index (κ2) is 2.94. The summed E-state index contributed by atoms with van der Waals surface area (Å²) < 4.78 is 1.61. The maximum Gasteiger partial charge on any atom is 0.316 e. The van der Waals surface area contributed by atoms with Crippen LogP contribution in [-0.2, 0) is 0 Å². The van der Waals surface area contributed by atoms with Crippen LogP contribution in [-0.4, -0.2) is 15.5 Å². The Labute approximate surface area is 74.6 Å². The molecule has 2 aromatic rings. The lowest BCUT2D eigenvalue weighted by Crippen LogP contribution is -2.34. The topological polar surface area (TPSA) is 45.5 Å². The van der Waals surface area contributed by atoms with Crippen molar-refractivity contribution in [3.05, 3.63) is 30.3 Å². The summed E-state index contributed by atoms with van der Waals surface area (Å²) in [7, 11) is 0. The van der Waals surface area contributed by atoms with Crippen molar-refractivity contribution in [1.82, 2.24) is 15.5 Å². The molecule has 0 unspecified atom stereocenters. The molecule has 0 atom stereocenters. The van der Waals surface area contributed by atoms with Gasteiger partial charge in [-0.15, -0.1) is 0 Å². The first-order chi connectivity index (χ1) is 5.88. The molecule has 0 amide bonds. The minimum absolute atomic E-state index is 0.612. The van der Waals surface area contributed by atoms with Gasteiger partial charge in [-0.2, -0.15) is 0 Å². The van der Waals surface area contributed by atoms with Gasteiger partial charge in [-0.3, -0.25) is 0 Å². The Bertz CT molecular complexity index is 370. The van der Waals surface area contributed by atoms with Gasteiger partial charge < -0.3 is 0 Å². The second-order valence-corrected chi connectivity index (χ2v) is 2.70. The molecule has 0 saturated carbocycles. The Kier molecular flexibility index (Phi) is 1.79. The van der Waals surface area contributed by atoms with E-state index in [9.17, 15) is 0 Å². The van der Waals surface area contributed by atoms with E-state index in [4.69, 9.17) is 0 Å². The average Bonchev–Trinajstić information content (AvgIpc) is 2.53. The third-order valence-corrected chi connectivity index (χ3v) is 1.77. The maximum absolute atomic E-state index is 4.14. The quantitative estimate of drug-likeness (QED) is 0.491. The number of benzene rings is 1. The van der Waals surface area contributed by atoms with Crippen molar-refractivity contribution in [3.8, 4) is 5.69 Å². The molecule has 0 aliphatic carbocycles. The highest BCUT2D eigenvalue weighted by atomic mass is 32.1. The smallest absolute Gasteiger partial charge is 0.0925 e. The van der Waals surface area contributed by atoms with Gasteiger partial charge in [0.1, 0.15) is 10.9 Å². The third-order valence-electron chi connectivity index (χ3n) is 1.49. The summed E-state index contributed by atoms with van der Waals surface area (Å²) in [6, 6.07) is 9.68. The highest BCUT2D eigenvalue weighted by Gasteiger charge is 2.09. The number of nitrogens with zero attached hydrogens (tertiary/aromatic N) is 3. The fourth-order valence-corrected chi connectivity index (χ4v) is 1.14. The second-order valence-electron chi connectivity index (χ2n) is 2.27. The number of hydrogen-bond donors (Lipinski definition) is 2. The van der Waals surface area contributed by atoms with Crippen LogP contribution in [0.2, 0.25) is 0 Å². The predicted molar refractivity (Wildman–Crippen MR) is 45.2 cm³/mol. The SMILES string of the molecule is Sc1[nH]nn[n+]1-c1ccccc1. The molecular formula is C7H7N4S+. The van der Waals surface area contributed by atoms with Crippen molar-refractivity contribution >= 4 is 12.6 Å². The Balaban J connectivity index is 2.51. The minimum Gasteiger partial charge on any atom is -0.0925 e. The zero-order valence-electron chi connectivity index (χ0n) is 6.18. The Hall–Kier alpha value is -1.36. The number of H-pyrrole nitrogens is 1. The molecule has 0 saturated heterocycles. The van der Waals surface area contributed by atoms with Crippen LogP contribution in [0.4, 0.5) is 0 Å². The molecular weight excluding hydrogens is 172 g/mol. The zero-order valence-corrected chi connectivity index (χ0v) is 7.07. The molecule has 2 rings (SSSR count). The van der Waals surface area contributed by atoms with Gasteiger partial charge >= 0.3 is 5.16 Å². The van der Waals surface area contributed by atoms with E-state index in [2.05, 4.69) is 28.2 Å². The first kappa shape index (κ1) is 7.30. The number of rotatable bonds is 1. The lowest BCUT2D eigenvalue weighted by molar-refractivity contribution is -0.697. The first-order valence-corrected chi connectivity index (χ1v) is 3.90. The molecule has 0 spiro atoms. The van der Waals surface area contributed by atoms with Crippen molar-refractivity contribution in [3.63, 3.8) is 0 Å². The number of hydrogen-bond acceptors (Lipinski definition) is 3. The van der Waals surface area contributed by atoms with Gasteiger partial charge in [-0.05, 0) is 12.1 Å². The number of thiol groups is 1. The average molecular weight is 179 g/mol. The molecule has 0 radical (unpaired) electrons. The van der Waals surface area contributed by atoms with E-state index in [0.29, 0.717) is 5.16 Å². The Morgan fingerprint density at radius 1 is 1.25 bits per heavy atom. The van der Waals surface area contributed by atoms with Crippen LogP contribution in [0, 0.1) is 0 Å². The summed E-state index contributed by atoms with van der Waals surface area (Å²) in [5.74, 6) is 0. The van der Waals surface area contributed by atoms with Gasteiger partial charge in [0, 0.05) is 0 Å². The minimum atomic E-state index is 0.612. The molecule has 0 bridgehead atoms. The summed E-state index contributed by atoms with van der Waals surface area (Å²) in [6.45, 7) is 0. The summed E-state index contributed by atoms with van der Waals surface area (Å²) in [5, 5.41) is 10.7. The maximum atomic E-state index is 4.14. The normalized spacial score (nSPS) is 10.1. The number of aromatic amines is 1. The van der Waals surface area contributed by atoms with Crippen molar-refractivity contribution in [2.24, 2.45) is 0 Å². The highest BCUT2D eigenvalue weighted by Crippen LogP contribution is 1.98. The summed E-state index contributed by atoms with van der Waals surface area (Å²) in [6.07, 6.45) is 0. The molecule has 4 nitrogen and oxygen atoms in total. The molecule has 1 heterocycles.